The number of likely N-dealkylation sites (N-methyl/N-ethyl adjacent to an activating group) is 1. The van der Waals surface area contributed by atoms with E-state index in [0.717, 1.165) is 12.8 Å². The van der Waals surface area contributed by atoms with Gasteiger partial charge < -0.3 is 15.0 Å². The van der Waals surface area contributed by atoms with E-state index in [4.69, 9.17) is 4.74 Å². The number of nitrogens with one attached hydrogen (secondary N) is 1. The highest BCUT2D eigenvalue weighted by molar-refractivity contribution is 6.15. The third-order valence-corrected chi connectivity index (χ3v) is 5.54. The van der Waals surface area contributed by atoms with Crippen molar-refractivity contribution in [1.29, 1.82) is 0 Å². The summed E-state index contributed by atoms with van der Waals surface area (Å²) < 4.78 is 5.24. The van der Waals surface area contributed by atoms with Crippen LogP contribution in [0.3, 0.4) is 0 Å². The van der Waals surface area contributed by atoms with E-state index in [2.05, 4.69) is 15.3 Å². The first-order chi connectivity index (χ1) is 14.5. The van der Waals surface area contributed by atoms with Gasteiger partial charge in [0.1, 0.15) is 12.1 Å². The Morgan fingerprint density at radius 3 is 2.60 bits per heavy atom. The van der Waals surface area contributed by atoms with E-state index in [1.54, 1.807) is 43.7 Å². The van der Waals surface area contributed by atoms with Gasteiger partial charge in [-0.15, -0.1) is 0 Å². The fourth-order valence-corrected chi connectivity index (χ4v) is 4.13. The summed E-state index contributed by atoms with van der Waals surface area (Å²) in [5, 5.41) is 2.93. The van der Waals surface area contributed by atoms with Gasteiger partial charge in [-0.3, -0.25) is 19.3 Å². The molecule has 1 aromatic heterocycles. The Labute approximate surface area is 174 Å². The predicted octanol–water partition coefficient (Wildman–Crippen LogP) is 1.75. The number of hydrogen-bond donors (Lipinski definition) is 1. The second kappa shape index (κ2) is 8.10. The number of aromatic nitrogens is 2. The predicted molar refractivity (Wildman–Crippen MR) is 110 cm³/mol. The molecule has 1 aliphatic heterocycles. The standard InChI is InChI=1S/C21H23N5O4/c1-25(20-22-11-6-12-23-20)13-18(28)30-14-17(27)26-16-8-3-2-7-15(16)24-19(29)21(26)9-4-5-10-21/h2-3,6-8,11-12H,4-5,9-10,13-14H2,1H3,(H,24,29). The third kappa shape index (κ3) is 3.58. The number of rotatable bonds is 5. The maximum Gasteiger partial charge on any atom is 0.326 e. The first-order valence-electron chi connectivity index (χ1n) is 9.88. The molecule has 0 unspecified atom stereocenters. The van der Waals surface area contributed by atoms with E-state index in [1.807, 2.05) is 6.07 Å². The Bertz CT molecular complexity index is 959. The average Bonchev–Trinajstić information content (AvgIpc) is 3.24. The van der Waals surface area contributed by atoms with Crippen LogP contribution in [0.15, 0.2) is 42.7 Å². The lowest BCUT2D eigenvalue weighted by molar-refractivity contribution is -0.147. The molecule has 9 heteroatoms. The van der Waals surface area contributed by atoms with Gasteiger partial charge >= 0.3 is 5.97 Å². The van der Waals surface area contributed by atoms with Crippen LogP contribution in [-0.2, 0) is 19.1 Å². The SMILES string of the molecule is CN(CC(=O)OCC(=O)N1c2ccccc2NC(=O)C12CCCC2)c1ncccn1. The van der Waals surface area contributed by atoms with Gasteiger partial charge in [0.25, 0.3) is 11.8 Å². The summed E-state index contributed by atoms with van der Waals surface area (Å²) in [6, 6.07) is 8.86. The lowest BCUT2D eigenvalue weighted by Crippen LogP contribution is -2.61. The minimum Gasteiger partial charge on any atom is -0.454 e. The molecule has 2 heterocycles. The zero-order valence-electron chi connectivity index (χ0n) is 16.7. The largest absolute Gasteiger partial charge is 0.454 e. The van der Waals surface area contributed by atoms with Gasteiger partial charge in [0.05, 0.1) is 11.4 Å². The molecule has 0 saturated heterocycles. The number of ether oxygens (including phenoxy) is 1. The van der Waals surface area contributed by atoms with Crippen molar-refractivity contribution < 1.29 is 19.1 Å². The Kier molecular flexibility index (Phi) is 5.35. The van der Waals surface area contributed by atoms with E-state index in [0.29, 0.717) is 30.2 Å². The van der Waals surface area contributed by atoms with E-state index in [-0.39, 0.29) is 12.5 Å². The summed E-state index contributed by atoms with van der Waals surface area (Å²) in [5.74, 6) is -0.786. The monoisotopic (exact) mass is 409 g/mol. The molecule has 0 bridgehead atoms. The molecule has 156 valence electrons. The number of amides is 2. The number of benzene rings is 1. The molecular formula is C21H23N5O4. The smallest absolute Gasteiger partial charge is 0.326 e. The first kappa shape index (κ1) is 19.8. The highest BCUT2D eigenvalue weighted by atomic mass is 16.5. The fourth-order valence-electron chi connectivity index (χ4n) is 4.13. The van der Waals surface area contributed by atoms with Gasteiger partial charge in [0.15, 0.2) is 6.61 Å². The maximum atomic E-state index is 13.2. The highest BCUT2D eigenvalue weighted by Gasteiger charge is 2.52. The summed E-state index contributed by atoms with van der Waals surface area (Å²) in [4.78, 5) is 49.5. The van der Waals surface area contributed by atoms with Gasteiger partial charge in [-0.25, -0.2) is 9.97 Å². The van der Waals surface area contributed by atoms with Crippen LogP contribution >= 0.6 is 0 Å². The molecule has 1 spiro atoms. The van der Waals surface area contributed by atoms with Crippen molar-refractivity contribution in [2.75, 3.05) is 35.3 Å². The van der Waals surface area contributed by atoms with Gasteiger partial charge in [0.2, 0.25) is 5.95 Å². The second-order valence-electron chi connectivity index (χ2n) is 7.50. The van der Waals surface area contributed by atoms with Crippen LogP contribution in [0.1, 0.15) is 25.7 Å². The molecule has 1 aromatic carbocycles. The molecule has 2 aliphatic rings. The van der Waals surface area contributed by atoms with Crippen molar-refractivity contribution >= 4 is 35.1 Å². The van der Waals surface area contributed by atoms with Crippen molar-refractivity contribution in [2.24, 2.45) is 0 Å². The topological polar surface area (TPSA) is 105 Å². The lowest BCUT2D eigenvalue weighted by Gasteiger charge is -2.44. The van der Waals surface area contributed by atoms with E-state index in [9.17, 15) is 14.4 Å². The molecule has 2 aromatic rings. The van der Waals surface area contributed by atoms with Gasteiger partial charge in [0, 0.05) is 19.4 Å². The number of nitrogens with zero attached hydrogens (tertiary/aromatic N) is 4. The minimum atomic E-state index is -0.924. The molecule has 1 fully saturated rings. The molecule has 1 N–H and O–H groups in total. The van der Waals surface area contributed by atoms with E-state index >= 15 is 0 Å². The number of esters is 1. The number of hydrogen-bond acceptors (Lipinski definition) is 7. The van der Waals surface area contributed by atoms with Crippen molar-refractivity contribution in [3.8, 4) is 0 Å². The van der Waals surface area contributed by atoms with Crippen LogP contribution in [0.5, 0.6) is 0 Å². The molecule has 0 radical (unpaired) electrons. The molecule has 1 saturated carbocycles. The minimum absolute atomic E-state index is 0.0977. The molecule has 1 aliphatic carbocycles. The van der Waals surface area contributed by atoms with Crippen molar-refractivity contribution in [3.05, 3.63) is 42.7 Å². The summed E-state index contributed by atoms with van der Waals surface area (Å²) >= 11 is 0. The summed E-state index contributed by atoms with van der Waals surface area (Å²) in [6.07, 6.45) is 6.05. The van der Waals surface area contributed by atoms with Gasteiger partial charge in [-0.2, -0.15) is 0 Å². The van der Waals surface area contributed by atoms with Crippen molar-refractivity contribution in [3.63, 3.8) is 0 Å². The number of fused-ring (bicyclic) bond motifs is 1. The van der Waals surface area contributed by atoms with Crippen LogP contribution in [0.4, 0.5) is 17.3 Å². The fraction of sp³-hybridized carbons (Fsp3) is 0.381. The second-order valence-corrected chi connectivity index (χ2v) is 7.50. The number of carbonyl (C=O) groups is 3. The van der Waals surface area contributed by atoms with Crippen LogP contribution in [-0.4, -0.2) is 53.5 Å². The zero-order valence-corrected chi connectivity index (χ0v) is 16.7. The number of carbonyl (C=O) groups excluding carboxylic acids is 3. The molecule has 30 heavy (non-hydrogen) atoms. The van der Waals surface area contributed by atoms with Crippen molar-refractivity contribution in [2.45, 2.75) is 31.2 Å². The summed E-state index contributed by atoms with van der Waals surface area (Å²) in [6.45, 7) is -0.537. The Morgan fingerprint density at radius 2 is 1.87 bits per heavy atom. The van der Waals surface area contributed by atoms with E-state index in [1.165, 1.54) is 9.80 Å². The molecular weight excluding hydrogens is 386 g/mol. The number of para-hydroxylation sites is 2. The summed E-state index contributed by atoms with van der Waals surface area (Å²) in [5.41, 5.74) is 0.294. The molecule has 9 nitrogen and oxygen atoms in total. The van der Waals surface area contributed by atoms with E-state index < -0.39 is 24.0 Å². The van der Waals surface area contributed by atoms with Gasteiger partial charge in [-0.1, -0.05) is 25.0 Å². The highest BCUT2D eigenvalue weighted by Crippen LogP contribution is 2.45. The Morgan fingerprint density at radius 1 is 1.17 bits per heavy atom. The van der Waals surface area contributed by atoms with Crippen LogP contribution < -0.4 is 15.1 Å². The lowest BCUT2D eigenvalue weighted by atomic mass is 9.90. The molecule has 4 rings (SSSR count). The van der Waals surface area contributed by atoms with Crippen LogP contribution in [0.25, 0.3) is 0 Å². The normalized spacial score (nSPS) is 16.7. The van der Waals surface area contributed by atoms with Crippen LogP contribution in [0.2, 0.25) is 0 Å². The van der Waals surface area contributed by atoms with Crippen LogP contribution in [0, 0.1) is 0 Å². The van der Waals surface area contributed by atoms with Crippen molar-refractivity contribution in [1.82, 2.24) is 9.97 Å². The zero-order chi connectivity index (χ0) is 21.1. The quantitative estimate of drug-likeness (QED) is 0.750. The Hall–Kier alpha value is -3.49. The maximum absolute atomic E-state index is 13.2. The summed E-state index contributed by atoms with van der Waals surface area (Å²) in [7, 11) is 1.66. The first-order valence-corrected chi connectivity index (χ1v) is 9.88. The van der Waals surface area contributed by atoms with Gasteiger partial charge in [-0.05, 0) is 31.0 Å². The Balaban J connectivity index is 1.47. The average molecular weight is 409 g/mol. The number of anilines is 3. The molecule has 0 atom stereocenters. The third-order valence-electron chi connectivity index (χ3n) is 5.54. The molecule has 2 amide bonds.